The predicted octanol–water partition coefficient (Wildman–Crippen LogP) is 3.73. The van der Waals surface area contributed by atoms with Gasteiger partial charge in [-0.3, -0.25) is 0 Å². The maximum Gasteiger partial charge on any atom is 0.0659 e. The van der Waals surface area contributed by atoms with Crippen molar-refractivity contribution < 1.29 is 0 Å². The number of nitrogens with zero attached hydrogens (tertiary/aromatic N) is 1. The minimum atomic E-state index is 0.145. The van der Waals surface area contributed by atoms with Crippen LogP contribution in [0.3, 0.4) is 0 Å². The number of aryl methyl sites for hydroxylation is 1. The lowest BCUT2D eigenvalue weighted by Gasteiger charge is -2.05. The van der Waals surface area contributed by atoms with Crippen LogP contribution in [0.5, 0.6) is 0 Å². The highest BCUT2D eigenvalue weighted by Gasteiger charge is 2.04. The first-order valence-corrected chi connectivity index (χ1v) is 5.41. The Bertz CT molecular complexity index is 321. The van der Waals surface area contributed by atoms with Crippen molar-refractivity contribution in [1.82, 2.24) is 0 Å². The lowest BCUT2D eigenvalue weighted by atomic mass is 9.98. The molecule has 0 bridgehead atoms. The second-order valence-electron chi connectivity index (χ2n) is 3.73. The first-order chi connectivity index (χ1) is 7.36. The molecule has 0 radical (unpaired) electrons. The molecule has 0 aliphatic rings. The Morgan fingerprint density at radius 2 is 2.07 bits per heavy atom. The second kappa shape index (κ2) is 6.84. The number of allylic oxidation sites excluding steroid dienone is 1. The van der Waals surface area contributed by atoms with E-state index in [0.717, 1.165) is 25.7 Å². The molecular weight excluding hydrogens is 182 g/mol. The van der Waals surface area contributed by atoms with Crippen molar-refractivity contribution in [2.45, 2.75) is 25.7 Å². The third kappa shape index (κ3) is 4.46. The molecule has 1 rings (SSSR count). The first kappa shape index (κ1) is 11.5. The van der Waals surface area contributed by atoms with Gasteiger partial charge in [0.1, 0.15) is 0 Å². The Morgan fingerprint density at radius 3 is 2.67 bits per heavy atom. The molecule has 1 unspecified atom stereocenters. The molecule has 1 aromatic rings. The number of rotatable bonds is 6. The zero-order chi connectivity index (χ0) is 10.9. The minimum Gasteiger partial charge on any atom is -0.198 e. The van der Waals surface area contributed by atoms with E-state index in [2.05, 4.69) is 36.9 Å². The molecule has 1 nitrogen and oxygen atoms in total. The van der Waals surface area contributed by atoms with Gasteiger partial charge in [-0.2, -0.15) is 5.26 Å². The van der Waals surface area contributed by atoms with Crippen molar-refractivity contribution >= 4 is 0 Å². The fourth-order valence-electron chi connectivity index (χ4n) is 1.63. The smallest absolute Gasteiger partial charge is 0.0659 e. The van der Waals surface area contributed by atoms with E-state index >= 15 is 0 Å². The zero-order valence-corrected chi connectivity index (χ0v) is 9.02. The standard InChI is InChI=1S/C14H17N/c1-2-7-14(12-15)11-6-10-13-8-4-3-5-9-13/h2-5,8-9,14H,1,6-7,10-11H2. The lowest BCUT2D eigenvalue weighted by Crippen LogP contribution is -1.96. The average Bonchev–Trinajstić information content (AvgIpc) is 2.29. The summed E-state index contributed by atoms with van der Waals surface area (Å²) in [6.07, 6.45) is 5.76. The van der Waals surface area contributed by atoms with E-state index in [1.165, 1.54) is 5.56 Å². The SMILES string of the molecule is C=CCC(C#N)CCCc1ccccc1. The first-order valence-electron chi connectivity index (χ1n) is 5.41. The van der Waals surface area contributed by atoms with Crippen molar-refractivity contribution in [1.29, 1.82) is 5.26 Å². The molecule has 15 heavy (non-hydrogen) atoms. The molecule has 0 spiro atoms. The van der Waals surface area contributed by atoms with Crippen LogP contribution in [0.2, 0.25) is 0 Å². The fraction of sp³-hybridized carbons (Fsp3) is 0.357. The molecule has 0 saturated carbocycles. The Kier molecular flexibility index (Phi) is 5.25. The highest BCUT2D eigenvalue weighted by atomic mass is 14.3. The van der Waals surface area contributed by atoms with Gasteiger partial charge in [0.05, 0.1) is 6.07 Å². The molecule has 0 aliphatic carbocycles. The van der Waals surface area contributed by atoms with Crippen LogP contribution in [0.1, 0.15) is 24.8 Å². The summed E-state index contributed by atoms with van der Waals surface area (Å²) in [7, 11) is 0. The fourth-order valence-corrected chi connectivity index (χ4v) is 1.63. The summed E-state index contributed by atoms with van der Waals surface area (Å²) >= 11 is 0. The minimum absolute atomic E-state index is 0.145. The molecule has 0 saturated heterocycles. The Labute approximate surface area is 92.1 Å². The van der Waals surface area contributed by atoms with Gasteiger partial charge in [0, 0.05) is 5.92 Å². The van der Waals surface area contributed by atoms with E-state index in [1.54, 1.807) is 0 Å². The van der Waals surface area contributed by atoms with E-state index in [0.29, 0.717) is 0 Å². The maximum atomic E-state index is 8.86. The van der Waals surface area contributed by atoms with Gasteiger partial charge in [0.15, 0.2) is 0 Å². The van der Waals surface area contributed by atoms with Crippen LogP contribution in [0.25, 0.3) is 0 Å². The normalized spacial score (nSPS) is 11.7. The quantitative estimate of drug-likeness (QED) is 0.640. The van der Waals surface area contributed by atoms with Gasteiger partial charge in [0.2, 0.25) is 0 Å². The Morgan fingerprint density at radius 1 is 1.33 bits per heavy atom. The Hall–Kier alpha value is -1.55. The maximum absolute atomic E-state index is 8.86. The van der Waals surface area contributed by atoms with Gasteiger partial charge >= 0.3 is 0 Å². The van der Waals surface area contributed by atoms with Crippen LogP contribution in [0.15, 0.2) is 43.0 Å². The zero-order valence-electron chi connectivity index (χ0n) is 9.02. The van der Waals surface area contributed by atoms with E-state index in [1.807, 2.05) is 12.1 Å². The van der Waals surface area contributed by atoms with Crippen molar-refractivity contribution in [3.63, 3.8) is 0 Å². The van der Waals surface area contributed by atoms with Crippen LogP contribution in [-0.2, 0) is 6.42 Å². The molecular formula is C14H17N. The van der Waals surface area contributed by atoms with Gasteiger partial charge in [-0.05, 0) is 31.2 Å². The average molecular weight is 199 g/mol. The molecule has 78 valence electrons. The Balaban J connectivity index is 2.27. The molecule has 0 fully saturated rings. The van der Waals surface area contributed by atoms with Crippen LogP contribution in [-0.4, -0.2) is 0 Å². The van der Waals surface area contributed by atoms with Crippen molar-refractivity contribution in [3.8, 4) is 6.07 Å². The van der Waals surface area contributed by atoms with Crippen molar-refractivity contribution in [3.05, 3.63) is 48.6 Å². The highest BCUT2D eigenvalue weighted by Crippen LogP contribution is 2.13. The van der Waals surface area contributed by atoms with E-state index in [9.17, 15) is 0 Å². The number of nitriles is 1. The number of hydrogen-bond donors (Lipinski definition) is 0. The summed E-state index contributed by atoms with van der Waals surface area (Å²) < 4.78 is 0. The van der Waals surface area contributed by atoms with Crippen LogP contribution in [0, 0.1) is 17.2 Å². The predicted molar refractivity (Wildman–Crippen MR) is 63.3 cm³/mol. The molecule has 0 amide bonds. The van der Waals surface area contributed by atoms with Crippen LogP contribution in [0.4, 0.5) is 0 Å². The number of hydrogen-bond acceptors (Lipinski definition) is 1. The topological polar surface area (TPSA) is 23.8 Å². The third-order valence-corrected chi connectivity index (χ3v) is 2.49. The van der Waals surface area contributed by atoms with Gasteiger partial charge in [-0.15, -0.1) is 6.58 Å². The number of benzene rings is 1. The summed E-state index contributed by atoms with van der Waals surface area (Å²) in [6, 6.07) is 12.7. The summed E-state index contributed by atoms with van der Waals surface area (Å²) in [6.45, 7) is 3.66. The van der Waals surface area contributed by atoms with Gasteiger partial charge in [0.25, 0.3) is 0 Å². The van der Waals surface area contributed by atoms with Crippen LogP contribution >= 0.6 is 0 Å². The second-order valence-corrected chi connectivity index (χ2v) is 3.73. The molecule has 1 aromatic carbocycles. The van der Waals surface area contributed by atoms with Crippen molar-refractivity contribution in [2.24, 2.45) is 5.92 Å². The summed E-state index contributed by atoms with van der Waals surface area (Å²) in [4.78, 5) is 0. The molecule has 0 aromatic heterocycles. The highest BCUT2D eigenvalue weighted by molar-refractivity contribution is 5.14. The molecule has 1 heteroatoms. The van der Waals surface area contributed by atoms with Gasteiger partial charge in [-0.25, -0.2) is 0 Å². The molecule has 1 atom stereocenters. The summed E-state index contributed by atoms with van der Waals surface area (Å²) in [5.74, 6) is 0.145. The largest absolute Gasteiger partial charge is 0.198 e. The summed E-state index contributed by atoms with van der Waals surface area (Å²) in [5.41, 5.74) is 1.35. The molecule has 0 aliphatic heterocycles. The van der Waals surface area contributed by atoms with Gasteiger partial charge < -0.3 is 0 Å². The molecule has 0 heterocycles. The van der Waals surface area contributed by atoms with Gasteiger partial charge in [-0.1, -0.05) is 36.4 Å². The third-order valence-electron chi connectivity index (χ3n) is 2.49. The monoisotopic (exact) mass is 199 g/mol. The van der Waals surface area contributed by atoms with Crippen molar-refractivity contribution in [2.75, 3.05) is 0 Å². The van der Waals surface area contributed by atoms with E-state index < -0.39 is 0 Å². The van der Waals surface area contributed by atoms with E-state index in [-0.39, 0.29) is 5.92 Å². The molecule has 0 N–H and O–H groups in total. The summed E-state index contributed by atoms with van der Waals surface area (Å²) in [5, 5.41) is 8.86. The van der Waals surface area contributed by atoms with Crippen LogP contribution < -0.4 is 0 Å². The lowest BCUT2D eigenvalue weighted by molar-refractivity contribution is 0.578. The van der Waals surface area contributed by atoms with E-state index in [4.69, 9.17) is 5.26 Å².